The van der Waals surface area contributed by atoms with Crippen molar-refractivity contribution >= 4 is 17.9 Å². The van der Waals surface area contributed by atoms with Gasteiger partial charge in [-0.15, -0.1) is 0 Å². The Bertz CT molecular complexity index is 467. The van der Waals surface area contributed by atoms with E-state index in [2.05, 4.69) is 15.0 Å². The molecule has 0 saturated carbocycles. The van der Waals surface area contributed by atoms with E-state index in [4.69, 9.17) is 5.11 Å². The van der Waals surface area contributed by atoms with Gasteiger partial charge < -0.3 is 9.84 Å². The Labute approximate surface area is 89.5 Å². The summed E-state index contributed by atoms with van der Waals surface area (Å²) in [5.74, 6) is -1.16. The van der Waals surface area contributed by atoms with Gasteiger partial charge in [0.2, 0.25) is 0 Å². The molecule has 1 aromatic rings. The normalized spacial score (nSPS) is 9.56. The molecule has 0 saturated heterocycles. The summed E-state index contributed by atoms with van der Waals surface area (Å²) in [5.41, 5.74) is -0.767. The van der Waals surface area contributed by atoms with Crippen LogP contribution >= 0.6 is 0 Å². The number of hydrogen-bond acceptors (Lipinski definition) is 5. The van der Waals surface area contributed by atoms with Crippen LogP contribution in [0.5, 0.6) is 0 Å². The number of nitrogens with zero attached hydrogens (tertiary/aromatic N) is 2. The second-order valence-corrected chi connectivity index (χ2v) is 2.73. The number of methoxy groups -OCH3 is 1. The quantitative estimate of drug-likeness (QED) is 0.720. The molecule has 0 aromatic carbocycles. The number of anilines is 1. The van der Waals surface area contributed by atoms with Crippen molar-refractivity contribution in [3.63, 3.8) is 0 Å². The summed E-state index contributed by atoms with van der Waals surface area (Å²) in [5, 5.41) is 10.6. The molecular weight excluding hydrogens is 218 g/mol. The zero-order chi connectivity index (χ0) is 12.1. The summed E-state index contributed by atoms with van der Waals surface area (Å²) >= 11 is 0. The van der Waals surface area contributed by atoms with Gasteiger partial charge in [-0.2, -0.15) is 4.98 Å². The summed E-state index contributed by atoms with van der Waals surface area (Å²) in [7, 11) is 1.17. The third-order valence-electron chi connectivity index (χ3n) is 1.60. The Balaban J connectivity index is 2.87. The minimum Gasteiger partial charge on any atom is -0.480 e. The number of ether oxygens (including phenoxy) is 1. The number of carbonyl (C=O) groups excluding carboxylic acids is 1. The molecule has 86 valence electrons. The number of amides is 1. The van der Waals surface area contributed by atoms with Crippen LogP contribution in [0.25, 0.3) is 0 Å². The molecule has 0 spiro atoms. The van der Waals surface area contributed by atoms with Gasteiger partial charge in [-0.05, 0) is 6.07 Å². The molecule has 0 radical (unpaired) electrons. The summed E-state index contributed by atoms with van der Waals surface area (Å²) in [6.07, 6.45) is 0.456. The molecule has 1 heterocycles. The molecule has 16 heavy (non-hydrogen) atoms. The molecule has 1 amide bonds. The molecule has 0 atom stereocenters. The summed E-state index contributed by atoms with van der Waals surface area (Å²) in [6.45, 7) is -0.482. The minimum absolute atomic E-state index is 0.00140. The van der Waals surface area contributed by atoms with Gasteiger partial charge in [-0.25, -0.2) is 9.59 Å². The van der Waals surface area contributed by atoms with Crippen LogP contribution in [-0.2, 0) is 16.1 Å². The van der Waals surface area contributed by atoms with Crippen LogP contribution < -0.4 is 11.0 Å². The predicted octanol–water partition coefficient (Wildman–Crippen LogP) is -0.494. The third-order valence-corrected chi connectivity index (χ3v) is 1.60. The van der Waals surface area contributed by atoms with Gasteiger partial charge in [0, 0.05) is 6.20 Å². The van der Waals surface area contributed by atoms with Crippen LogP contribution in [0.1, 0.15) is 0 Å². The monoisotopic (exact) mass is 227 g/mol. The topological polar surface area (TPSA) is 111 Å². The Morgan fingerprint density at radius 3 is 2.81 bits per heavy atom. The number of carboxylic acids is 1. The van der Waals surface area contributed by atoms with Crippen molar-refractivity contribution in [3.8, 4) is 0 Å². The number of carboxylic acid groups (broad SMARTS) is 1. The van der Waals surface area contributed by atoms with Gasteiger partial charge in [0.15, 0.2) is 0 Å². The maximum Gasteiger partial charge on any atom is 0.412 e. The first-order valence-corrected chi connectivity index (χ1v) is 4.17. The van der Waals surface area contributed by atoms with Gasteiger partial charge in [0.25, 0.3) is 0 Å². The Morgan fingerprint density at radius 2 is 2.31 bits per heavy atom. The first kappa shape index (κ1) is 11.7. The smallest absolute Gasteiger partial charge is 0.412 e. The fourth-order valence-electron chi connectivity index (χ4n) is 0.920. The van der Waals surface area contributed by atoms with Gasteiger partial charge in [0.1, 0.15) is 12.4 Å². The minimum atomic E-state index is -1.16. The number of nitrogens with one attached hydrogen (secondary N) is 1. The molecule has 1 rings (SSSR count). The van der Waals surface area contributed by atoms with E-state index in [-0.39, 0.29) is 5.82 Å². The van der Waals surface area contributed by atoms with Crippen molar-refractivity contribution in [1.29, 1.82) is 0 Å². The van der Waals surface area contributed by atoms with Crippen LogP contribution in [0.15, 0.2) is 17.1 Å². The number of hydrogen-bond donors (Lipinski definition) is 2. The molecule has 0 aliphatic carbocycles. The van der Waals surface area contributed by atoms with Crippen LogP contribution in [-0.4, -0.2) is 33.8 Å². The van der Waals surface area contributed by atoms with Gasteiger partial charge in [-0.1, -0.05) is 0 Å². The second-order valence-electron chi connectivity index (χ2n) is 2.73. The van der Waals surface area contributed by atoms with Gasteiger partial charge in [-0.3, -0.25) is 14.7 Å². The molecule has 0 unspecified atom stereocenters. The van der Waals surface area contributed by atoms with Gasteiger partial charge >= 0.3 is 17.8 Å². The first-order valence-electron chi connectivity index (χ1n) is 4.17. The molecule has 2 N–H and O–H groups in total. The van der Waals surface area contributed by atoms with Crippen molar-refractivity contribution in [3.05, 3.63) is 22.7 Å². The highest BCUT2D eigenvalue weighted by molar-refractivity contribution is 5.82. The lowest BCUT2D eigenvalue weighted by Gasteiger charge is -2.04. The van der Waals surface area contributed by atoms with Crippen LogP contribution in [0.2, 0.25) is 0 Å². The molecule has 1 aromatic heterocycles. The number of aromatic nitrogens is 2. The fraction of sp³-hybridized carbons (Fsp3) is 0.250. The number of rotatable bonds is 3. The SMILES string of the molecule is COC(=O)Nc1ccn(CC(=O)O)c(=O)n1. The number of carbonyl (C=O) groups is 2. The van der Waals surface area contributed by atoms with E-state index in [0.29, 0.717) is 0 Å². The average molecular weight is 227 g/mol. The third kappa shape index (κ3) is 3.08. The molecular formula is C8H9N3O5. The van der Waals surface area contributed by atoms with Crippen LogP contribution in [0.4, 0.5) is 10.6 Å². The number of aliphatic carboxylic acids is 1. The zero-order valence-corrected chi connectivity index (χ0v) is 8.34. The molecule has 0 aliphatic rings. The second kappa shape index (κ2) is 4.91. The maximum absolute atomic E-state index is 11.2. The lowest BCUT2D eigenvalue weighted by Crippen LogP contribution is -2.27. The Hall–Kier alpha value is -2.38. The van der Waals surface area contributed by atoms with Crippen molar-refractivity contribution in [2.75, 3.05) is 12.4 Å². The highest BCUT2D eigenvalue weighted by atomic mass is 16.5. The molecule has 0 fully saturated rings. The average Bonchev–Trinajstić information content (AvgIpc) is 2.21. The molecule has 8 nitrogen and oxygen atoms in total. The van der Waals surface area contributed by atoms with E-state index in [1.165, 1.54) is 19.4 Å². The zero-order valence-electron chi connectivity index (χ0n) is 8.34. The van der Waals surface area contributed by atoms with E-state index < -0.39 is 24.3 Å². The van der Waals surface area contributed by atoms with E-state index in [9.17, 15) is 14.4 Å². The van der Waals surface area contributed by atoms with Gasteiger partial charge in [0.05, 0.1) is 7.11 Å². The van der Waals surface area contributed by atoms with E-state index in [1.807, 2.05) is 0 Å². The molecule has 0 bridgehead atoms. The standard InChI is InChI=1S/C8H9N3O5/c1-16-8(15)10-5-2-3-11(4-6(12)13)7(14)9-5/h2-3H,4H2,1H3,(H,12,13)(H,9,10,14,15). The van der Waals surface area contributed by atoms with Crippen molar-refractivity contribution in [1.82, 2.24) is 9.55 Å². The highest BCUT2D eigenvalue weighted by Crippen LogP contribution is 1.97. The van der Waals surface area contributed by atoms with Crippen molar-refractivity contribution in [2.24, 2.45) is 0 Å². The summed E-state index contributed by atoms with van der Waals surface area (Å²) in [4.78, 5) is 35.8. The van der Waals surface area contributed by atoms with E-state index in [0.717, 1.165) is 4.57 Å². The Morgan fingerprint density at radius 1 is 1.62 bits per heavy atom. The lowest BCUT2D eigenvalue weighted by molar-refractivity contribution is -0.137. The fourth-order valence-corrected chi connectivity index (χ4v) is 0.920. The lowest BCUT2D eigenvalue weighted by atomic mass is 10.5. The predicted molar refractivity (Wildman–Crippen MR) is 52.2 cm³/mol. The van der Waals surface area contributed by atoms with E-state index in [1.54, 1.807) is 0 Å². The largest absolute Gasteiger partial charge is 0.480 e. The Kier molecular flexibility index (Phi) is 3.59. The summed E-state index contributed by atoms with van der Waals surface area (Å²) < 4.78 is 5.19. The first-order chi connectivity index (χ1) is 7.52. The maximum atomic E-state index is 11.2. The molecule has 0 aliphatic heterocycles. The van der Waals surface area contributed by atoms with E-state index >= 15 is 0 Å². The van der Waals surface area contributed by atoms with Crippen molar-refractivity contribution < 1.29 is 19.4 Å². The van der Waals surface area contributed by atoms with Crippen LogP contribution in [0, 0.1) is 0 Å². The highest BCUT2D eigenvalue weighted by Gasteiger charge is 2.06. The van der Waals surface area contributed by atoms with Crippen molar-refractivity contribution in [2.45, 2.75) is 6.54 Å². The molecule has 8 heteroatoms. The summed E-state index contributed by atoms with van der Waals surface area (Å²) in [6, 6.07) is 1.29. The van der Waals surface area contributed by atoms with Crippen LogP contribution in [0.3, 0.4) is 0 Å².